The summed E-state index contributed by atoms with van der Waals surface area (Å²) >= 11 is 12.3. The van der Waals surface area contributed by atoms with Crippen LogP contribution in [0.3, 0.4) is 0 Å². The molecule has 1 aromatic heterocycles. The summed E-state index contributed by atoms with van der Waals surface area (Å²) in [4.78, 5) is 45.1. The Kier molecular flexibility index (Phi) is 5.91. The molecule has 0 bridgehead atoms. The van der Waals surface area contributed by atoms with Crippen molar-refractivity contribution in [2.45, 2.75) is 6.54 Å². The van der Waals surface area contributed by atoms with Crippen molar-refractivity contribution in [3.05, 3.63) is 99.7 Å². The predicted molar refractivity (Wildman–Crippen MR) is 135 cm³/mol. The molecule has 0 unspecified atom stereocenters. The first kappa shape index (κ1) is 22.3. The third-order valence-electron chi connectivity index (χ3n) is 5.31. The lowest BCUT2D eigenvalue weighted by molar-refractivity contribution is -0.124. The zero-order valence-corrected chi connectivity index (χ0v) is 19.8. The number of nitrogens with zero attached hydrogens (tertiary/aromatic N) is 3. The first-order valence-corrected chi connectivity index (χ1v) is 11.7. The molecule has 7 nitrogen and oxygen atoms in total. The number of carbonyl (C=O) groups excluding carboxylic acids is 3. The van der Waals surface area contributed by atoms with Crippen LogP contribution in [0.5, 0.6) is 0 Å². The van der Waals surface area contributed by atoms with Crippen molar-refractivity contribution >= 4 is 68.9 Å². The number of nitrogens with one attached hydrogen (secondary N) is 1. The maximum atomic E-state index is 13.5. The Labute approximate surface area is 209 Å². The van der Waals surface area contributed by atoms with E-state index in [-0.39, 0.29) is 26.3 Å². The highest BCUT2D eigenvalue weighted by atomic mass is 35.5. The van der Waals surface area contributed by atoms with E-state index >= 15 is 0 Å². The number of carbonyl (C=O) groups is 3. The number of halogens is 1. The number of hydrogen-bond donors (Lipinski definition) is 1. The largest absolute Gasteiger partial charge is 0.303 e. The van der Waals surface area contributed by atoms with Crippen molar-refractivity contribution in [3.63, 3.8) is 0 Å². The number of anilines is 1. The van der Waals surface area contributed by atoms with Crippen LogP contribution in [0.15, 0.2) is 78.0 Å². The summed E-state index contributed by atoms with van der Waals surface area (Å²) in [6.45, 7) is 0.314. The zero-order valence-electron chi connectivity index (χ0n) is 17.4. The normalized spacial score (nSPS) is 17.4. The van der Waals surface area contributed by atoms with Gasteiger partial charge in [-0.3, -0.25) is 24.8 Å². The lowest BCUT2D eigenvalue weighted by atomic mass is 10.1. The van der Waals surface area contributed by atoms with Crippen molar-refractivity contribution < 1.29 is 14.4 Å². The molecular formula is C24H15ClN4O3S2. The number of hydrazine groups is 1. The molecule has 5 rings (SSSR count). The number of pyridine rings is 1. The molecule has 3 amide bonds. The quantitative estimate of drug-likeness (QED) is 0.422. The predicted octanol–water partition coefficient (Wildman–Crippen LogP) is 4.20. The van der Waals surface area contributed by atoms with Crippen molar-refractivity contribution in [1.29, 1.82) is 0 Å². The molecule has 1 N–H and O–H groups in total. The summed E-state index contributed by atoms with van der Waals surface area (Å²) < 4.78 is 0.131. The number of rotatable bonds is 4. The molecule has 2 aromatic carbocycles. The standard InChI is InChI=1S/C24H15ClN4O3S2/c25-16-9-7-14(8-10-16)13-28-18-6-2-1-5-17(18)19(22(28)31)20-23(32)29(24(33)34-20)27-21(30)15-4-3-11-26-12-15/h1-12H,13H2,(H,27,30)/b20-19-. The van der Waals surface area contributed by atoms with Crippen LogP contribution in [0.25, 0.3) is 5.57 Å². The van der Waals surface area contributed by atoms with Gasteiger partial charge in [0, 0.05) is 23.0 Å². The summed E-state index contributed by atoms with van der Waals surface area (Å²) in [6, 6.07) is 17.7. The van der Waals surface area contributed by atoms with Crippen LogP contribution >= 0.6 is 35.6 Å². The molecule has 0 spiro atoms. The molecular weight excluding hydrogens is 492 g/mol. The number of hydrogen-bond acceptors (Lipinski definition) is 6. The van der Waals surface area contributed by atoms with Crippen molar-refractivity contribution in [1.82, 2.24) is 15.4 Å². The summed E-state index contributed by atoms with van der Waals surface area (Å²) in [7, 11) is 0. The smallest absolute Gasteiger partial charge is 0.286 e. The lowest BCUT2D eigenvalue weighted by Crippen LogP contribution is -2.45. The topological polar surface area (TPSA) is 82.6 Å². The molecule has 0 atom stereocenters. The minimum absolute atomic E-state index is 0.131. The number of fused-ring (bicyclic) bond motifs is 1. The average Bonchev–Trinajstić information content (AvgIpc) is 3.28. The highest BCUT2D eigenvalue weighted by molar-refractivity contribution is 8.26. The van der Waals surface area contributed by atoms with E-state index in [1.54, 1.807) is 41.4 Å². The average molecular weight is 507 g/mol. The maximum absolute atomic E-state index is 13.5. The molecule has 1 saturated heterocycles. The summed E-state index contributed by atoms with van der Waals surface area (Å²) in [6.07, 6.45) is 2.93. The van der Waals surface area contributed by atoms with E-state index in [2.05, 4.69) is 10.4 Å². The number of amides is 3. The van der Waals surface area contributed by atoms with Crippen LogP contribution in [0.1, 0.15) is 21.5 Å². The van der Waals surface area contributed by atoms with Crippen molar-refractivity contribution in [2.24, 2.45) is 0 Å². The zero-order chi connectivity index (χ0) is 23.8. The Morgan fingerprint density at radius 1 is 1.03 bits per heavy atom. The molecule has 3 heterocycles. The molecule has 2 aliphatic heterocycles. The Morgan fingerprint density at radius 2 is 1.79 bits per heavy atom. The van der Waals surface area contributed by atoms with Gasteiger partial charge in [-0.05, 0) is 48.1 Å². The van der Waals surface area contributed by atoms with Crippen LogP contribution in [-0.4, -0.2) is 32.0 Å². The summed E-state index contributed by atoms with van der Waals surface area (Å²) in [5.74, 6) is -1.40. The second-order valence-electron chi connectivity index (χ2n) is 7.43. The molecule has 34 heavy (non-hydrogen) atoms. The molecule has 0 aliphatic carbocycles. The SMILES string of the molecule is O=C(NN1C(=O)/C(=C2/C(=O)N(Cc3ccc(Cl)cc3)c3ccccc32)SC1=S)c1cccnc1. The van der Waals surface area contributed by atoms with E-state index in [4.69, 9.17) is 23.8 Å². The molecule has 1 fully saturated rings. The van der Waals surface area contributed by atoms with Gasteiger partial charge in [-0.1, -0.05) is 53.7 Å². The second kappa shape index (κ2) is 9.02. The third-order valence-corrected chi connectivity index (χ3v) is 6.94. The van der Waals surface area contributed by atoms with Gasteiger partial charge in [-0.25, -0.2) is 0 Å². The van der Waals surface area contributed by atoms with Crippen LogP contribution in [-0.2, 0) is 16.1 Å². The minimum Gasteiger partial charge on any atom is -0.303 e. The number of aromatic nitrogens is 1. The fraction of sp³-hybridized carbons (Fsp3) is 0.0417. The van der Waals surface area contributed by atoms with Crippen LogP contribution in [0.2, 0.25) is 5.02 Å². The van der Waals surface area contributed by atoms with Crippen molar-refractivity contribution in [2.75, 3.05) is 4.90 Å². The van der Waals surface area contributed by atoms with Gasteiger partial charge in [0.15, 0.2) is 4.32 Å². The first-order valence-electron chi connectivity index (χ1n) is 10.1. The highest BCUT2D eigenvalue weighted by Gasteiger charge is 2.42. The minimum atomic E-state index is -0.557. The third kappa shape index (κ3) is 3.98. The monoisotopic (exact) mass is 506 g/mol. The van der Waals surface area contributed by atoms with Gasteiger partial charge < -0.3 is 4.90 Å². The Balaban J connectivity index is 1.48. The van der Waals surface area contributed by atoms with Gasteiger partial charge in [-0.2, -0.15) is 5.01 Å². The molecule has 3 aromatic rings. The first-order chi connectivity index (χ1) is 16.4. The Morgan fingerprint density at radius 3 is 2.53 bits per heavy atom. The van der Waals surface area contributed by atoms with Gasteiger partial charge >= 0.3 is 0 Å². The van der Waals surface area contributed by atoms with Crippen molar-refractivity contribution in [3.8, 4) is 0 Å². The number of thiocarbonyl (C=S) groups is 1. The van der Waals surface area contributed by atoms with E-state index in [1.165, 1.54) is 6.20 Å². The van der Waals surface area contributed by atoms with Gasteiger partial charge in [0.1, 0.15) is 0 Å². The summed E-state index contributed by atoms with van der Waals surface area (Å²) in [5.41, 5.74) is 5.29. The van der Waals surface area contributed by atoms with Gasteiger partial charge in [-0.15, -0.1) is 0 Å². The molecule has 2 aliphatic rings. The molecule has 0 radical (unpaired) electrons. The van der Waals surface area contributed by atoms with Gasteiger partial charge in [0.05, 0.1) is 28.3 Å². The van der Waals surface area contributed by atoms with E-state index in [9.17, 15) is 14.4 Å². The molecule has 0 saturated carbocycles. The number of thioether (sulfide) groups is 1. The van der Waals surface area contributed by atoms with Gasteiger partial charge in [0.25, 0.3) is 17.7 Å². The molecule has 168 valence electrons. The Bertz CT molecular complexity index is 1380. The fourth-order valence-electron chi connectivity index (χ4n) is 3.71. The van der Waals surface area contributed by atoms with Crippen LogP contribution in [0.4, 0.5) is 5.69 Å². The van der Waals surface area contributed by atoms with E-state index in [0.717, 1.165) is 22.3 Å². The number of para-hydroxylation sites is 1. The van der Waals surface area contributed by atoms with E-state index in [1.807, 2.05) is 30.3 Å². The van der Waals surface area contributed by atoms with Gasteiger partial charge in [0.2, 0.25) is 0 Å². The van der Waals surface area contributed by atoms with E-state index < -0.39 is 11.8 Å². The summed E-state index contributed by atoms with van der Waals surface area (Å²) in [5, 5.41) is 1.60. The lowest BCUT2D eigenvalue weighted by Gasteiger charge is -2.17. The number of benzene rings is 2. The second-order valence-corrected chi connectivity index (χ2v) is 9.51. The van der Waals surface area contributed by atoms with Crippen LogP contribution < -0.4 is 10.3 Å². The fourth-order valence-corrected chi connectivity index (χ4v) is 5.08. The Hall–Kier alpha value is -3.53. The van der Waals surface area contributed by atoms with E-state index in [0.29, 0.717) is 22.8 Å². The molecule has 10 heteroatoms. The highest BCUT2D eigenvalue weighted by Crippen LogP contribution is 2.44. The maximum Gasteiger partial charge on any atom is 0.286 e. The van der Waals surface area contributed by atoms with Crippen LogP contribution in [0, 0.1) is 0 Å².